The fourth-order valence-corrected chi connectivity index (χ4v) is 2.72. The number of carbonyl (C=O) groups is 1. The average molecular weight is 217 g/mol. The molecule has 1 aliphatic rings. The van der Waals surface area contributed by atoms with Crippen molar-refractivity contribution in [2.75, 3.05) is 5.32 Å². The molecule has 0 heterocycles. The molecule has 2 nitrogen and oxygen atoms in total. The summed E-state index contributed by atoms with van der Waals surface area (Å²) >= 11 is 0. The molecule has 2 rings (SSSR count). The monoisotopic (exact) mass is 217 g/mol. The zero-order chi connectivity index (χ0) is 11.7. The molecule has 86 valence electrons. The van der Waals surface area contributed by atoms with Gasteiger partial charge in [-0.3, -0.25) is 4.79 Å². The van der Waals surface area contributed by atoms with Crippen LogP contribution in [0.4, 0.5) is 5.69 Å². The lowest BCUT2D eigenvalue weighted by Crippen LogP contribution is -2.11. The Morgan fingerprint density at radius 3 is 2.81 bits per heavy atom. The van der Waals surface area contributed by atoms with Gasteiger partial charge in [-0.2, -0.15) is 0 Å². The number of nitrogens with one attached hydrogen (secondary N) is 1. The molecule has 0 radical (unpaired) electrons. The standard InChI is InChI=1S/C14H19NO/c1-4-12-9(2)8-11-6-5-7-13(11)14(12)15-10(3)16/h8H,4-7H2,1-3H3,(H,15,16). The summed E-state index contributed by atoms with van der Waals surface area (Å²) in [5.74, 6) is 0.0365. The lowest BCUT2D eigenvalue weighted by Gasteiger charge is -2.16. The Kier molecular flexibility index (Phi) is 2.99. The fourth-order valence-electron chi connectivity index (χ4n) is 2.72. The van der Waals surface area contributed by atoms with Crippen LogP contribution in [-0.4, -0.2) is 5.91 Å². The maximum absolute atomic E-state index is 11.3. The number of fused-ring (bicyclic) bond motifs is 1. The molecule has 16 heavy (non-hydrogen) atoms. The highest BCUT2D eigenvalue weighted by atomic mass is 16.1. The molecule has 0 unspecified atom stereocenters. The molecule has 0 aromatic heterocycles. The molecule has 1 aromatic carbocycles. The highest BCUT2D eigenvalue weighted by molar-refractivity contribution is 5.91. The maximum atomic E-state index is 11.3. The lowest BCUT2D eigenvalue weighted by molar-refractivity contribution is -0.114. The molecule has 0 aliphatic heterocycles. The normalized spacial score (nSPS) is 13.7. The summed E-state index contributed by atoms with van der Waals surface area (Å²) in [6, 6.07) is 2.30. The molecule has 1 aliphatic carbocycles. The first-order chi connectivity index (χ1) is 7.63. The maximum Gasteiger partial charge on any atom is 0.221 e. The zero-order valence-corrected chi connectivity index (χ0v) is 10.3. The van der Waals surface area contributed by atoms with E-state index in [1.54, 1.807) is 6.92 Å². The van der Waals surface area contributed by atoms with Gasteiger partial charge in [-0.25, -0.2) is 0 Å². The molecular formula is C14H19NO. The van der Waals surface area contributed by atoms with Crippen LogP contribution in [-0.2, 0) is 24.1 Å². The van der Waals surface area contributed by atoms with Crippen LogP contribution in [0.2, 0.25) is 0 Å². The van der Waals surface area contributed by atoms with Crippen molar-refractivity contribution in [3.05, 3.63) is 28.3 Å². The van der Waals surface area contributed by atoms with Crippen LogP contribution in [0.3, 0.4) is 0 Å². The number of aryl methyl sites for hydroxylation is 2. The Hall–Kier alpha value is -1.31. The number of hydrogen-bond acceptors (Lipinski definition) is 1. The third-order valence-electron chi connectivity index (χ3n) is 3.39. The topological polar surface area (TPSA) is 29.1 Å². The van der Waals surface area contributed by atoms with Crippen LogP contribution in [0.15, 0.2) is 6.07 Å². The smallest absolute Gasteiger partial charge is 0.221 e. The van der Waals surface area contributed by atoms with Gasteiger partial charge in [-0.1, -0.05) is 13.0 Å². The summed E-state index contributed by atoms with van der Waals surface area (Å²) in [5, 5.41) is 3.03. The van der Waals surface area contributed by atoms with E-state index in [0.29, 0.717) is 0 Å². The van der Waals surface area contributed by atoms with E-state index in [2.05, 4.69) is 25.2 Å². The van der Waals surface area contributed by atoms with Crippen LogP contribution in [0.1, 0.15) is 42.5 Å². The first-order valence-corrected chi connectivity index (χ1v) is 6.05. The number of hydrogen-bond donors (Lipinski definition) is 1. The minimum Gasteiger partial charge on any atom is -0.326 e. The van der Waals surface area contributed by atoms with Gasteiger partial charge in [-0.15, -0.1) is 0 Å². The SMILES string of the molecule is CCc1c(C)cc2c(c1NC(C)=O)CCC2. The highest BCUT2D eigenvalue weighted by Crippen LogP contribution is 2.34. The third kappa shape index (κ3) is 1.84. The second-order valence-electron chi connectivity index (χ2n) is 4.57. The van der Waals surface area contributed by atoms with Crippen molar-refractivity contribution in [2.24, 2.45) is 0 Å². The van der Waals surface area contributed by atoms with Gasteiger partial charge < -0.3 is 5.32 Å². The Balaban J connectivity index is 2.56. The first kappa shape index (κ1) is 11.2. The first-order valence-electron chi connectivity index (χ1n) is 6.05. The minimum absolute atomic E-state index is 0.0365. The predicted octanol–water partition coefficient (Wildman–Crippen LogP) is 3.00. The number of anilines is 1. The minimum atomic E-state index is 0.0365. The molecule has 2 heteroatoms. The van der Waals surface area contributed by atoms with E-state index in [1.807, 2.05) is 0 Å². The van der Waals surface area contributed by atoms with Crippen molar-refractivity contribution in [1.82, 2.24) is 0 Å². The summed E-state index contributed by atoms with van der Waals surface area (Å²) in [5.41, 5.74) is 6.52. The Bertz CT molecular complexity index is 431. The van der Waals surface area contributed by atoms with Gasteiger partial charge in [0.15, 0.2) is 0 Å². The molecule has 0 atom stereocenters. The molecule has 0 spiro atoms. The fraction of sp³-hybridized carbons (Fsp3) is 0.500. The number of benzene rings is 1. The van der Waals surface area contributed by atoms with E-state index in [0.717, 1.165) is 24.9 Å². The van der Waals surface area contributed by atoms with E-state index in [9.17, 15) is 4.79 Å². The summed E-state index contributed by atoms with van der Waals surface area (Å²) < 4.78 is 0. The second-order valence-corrected chi connectivity index (χ2v) is 4.57. The third-order valence-corrected chi connectivity index (χ3v) is 3.39. The van der Waals surface area contributed by atoms with Gasteiger partial charge in [0.1, 0.15) is 0 Å². The molecule has 1 aromatic rings. The van der Waals surface area contributed by atoms with Gasteiger partial charge >= 0.3 is 0 Å². The summed E-state index contributed by atoms with van der Waals surface area (Å²) in [4.78, 5) is 11.3. The molecule has 0 fully saturated rings. The quantitative estimate of drug-likeness (QED) is 0.810. The van der Waals surface area contributed by atoms with Crippen molar-refractivity contribution in [1.29, 1.82) is 0 Å². The number of rotatable bonds is 2. The van der Waals surface area contributed by atoms with Crippen molar-refractivity contribution in [2.45, 2.75) is 46.5 Å². The average Bonchev–Trinajstić information content (AvgIpc) is 2.64. The van der Waals surface area contributed by atoms with Gasteiger partial charge in [0, 0.05) is 12.6 Å². The number of carbonyl (C=O) groups excluding carboxylic acids is 1. The van der Waals surface area contributed by atoms with Crippen LogP contribution in [0.5, 0.6) is 0 Å². The zero-order valence-electron chi connectivity index (χ0n) is 10.3. The summed E-state index contributed by atoms with van der Waals surface area (Å²) in [6.07, 6.45) is 4.47. The van der Waals surface area contributed by atoms with Crippen molar-refractivity contribution >= 4 is 11.6 Å². The van der Waals surface area contributed by atoms with Gasteiger partial charge in [-0.05, 0) is 54.9 Å². The van der Waals surface area contributed by atoms with E-state index >= 15 is 0 Å². The Morgan fingerprint density at radius 2 is 2.19 bits per heavy atom. The molecule has 0 saturated heterocycles. The molecule has 1 N–H and O–H groups in total. The van der Waals surface area contributed by atoms with Crippen molar-refractivity contribution in [3.8, 4) is 0 Å². The lowest BCUT2D eigenvalue weighted by atomic mass is 9.96. The summed E-state index contributed by atoms with van der Waals surface area (Å²) in [6.45, 7) is 5.88. The van der Waals surface area contributed by atoms with Gasteiger partial charge in [0.05, 0.1) is 0 Å². The van der Waals surface area contributed by atoms with Crippen molar-refractivity contribution < 1.29 is 4.79 Å². The van der Waals surface area contributed by atoms with Gasteiger partial charge in [0.25, 0.3) is 0 Å². The van der Waals surface area contributed by atoms with Gasteiger partial charge in [0.2, 0.25) is 5.91 Å². The van der Waals surface area contributed by atoms with E-state index in [-0.39, 0.29) is 5.91 Å². The Morgan fingerprint density at radius 1 is 1.44 bits per heavy atom. The van der Waals surface area contributed by atoms with E-state index in [1.165, 1.54) is 28.7 Å². The van der Waals surface area contributed by atoms with Crippen LogP contribution in [0, 0.1) is 6.92 Å². The van der Waals surface area contributed by atoms with Crippen LogP contribution in [0.25, 0.3) is 0 Å². The van der Waals surface area contributed by atoms with Crippen LogP contribution < -0.4 is 5.32 Å². The molecule has 1 amide bonds. The van der Waals surface area contributed by atoms with Crippen molar-refractivity contribution in [3.63, 3.8) is 0 Å². The van der Waals surface area contributed by atoms with E-state index < -0.39 is 0 Å². The molecular weight excluding hydrogens is 198 g/mol. The Labute approximate surface area is 97.1 Å². The van der Waals surface area contributed by atoms with E-state index in [4.69, 9.17) is 0 Å². The molecule has 0 saturated carbocycles. The predicted molar refractivity (Wildman–Crippen MR) is 66.9 cm³/mol. The van der Waals surface area contributed by atoms with Crippen LogP contribution >= 0.6 is 0 Å². The molecule has 0 bridgehead atoms. The summed E-state index contributed by atoms with van der Waals surface area (Å²) in [7, 11) is 0. The number of amides is 1. The largest absolute Gasteiger partial charge is 0.326 e. The highest BCUT2D eigenvalue weighted by Gasteiger charge is 2.19. The second kappa shape index (κ2) is 4.28.